The number of hydrogen-bond acceptors (Lipinski definition) is 6. The van der Waals surface area contributed by atoms with Gasteiger partial charge in [0.15, 0.2) is 0 Å². The fraction of sp³-hybridized carbons (Fsp3) is 0.400. The largest absolute Gasteiger partial charge is 0.345 e. The third kappa shape index (κ3) is 4.81. The quantitative estimate of drug-likeness (QED) is 0.463. The maximum absolute atomic E-state index is 12.1. The van der Waals surface area contributed by atoms with Crippen LogP contribution in [0.1, 0.15) is 12.5 Å². The van der Waals surface area contributed by atoms with Gasteiger partial charge in [-0.2, -0.15) is 8.42 Å². The van der Waals surface area contributed by atoms with Crippen molar-refractivity contribution in [3.63, 3.8) is 0 Å². The van der Waals surface area contributed by atoms with Crippen LogP contribution in [0.5, 0.6) is 0 Å². The summed E-state index contributed by atoms with van der Waals surface area (Å²) in [6.45, 7) is 1.84. The maximum atomic E-state index is 12.1. The molecule has 0 bridgehead atoms. The van der Waals surface area contributed by atoms with Gasteiger partial charge in [0, 0.05) is 4.90 Å². The number of rotatable bonds is 7. The van der Waals surface area contributed by atoms with Gasteiger partial charge in [-0.1, -0.05) is 40.6 Å². The van der Waals surface area contributed by atoms with Gasteiger partial charge < -0.3 is 4.89 Å². The van der Waals surface area contributed by atoms with E-state index in [0.29, 0.717) is 16.9 Å². The van der Waals surface area contributed by atoms with Crippen LogP contribution in [0, 0.1) is 0 Å². The molecule has 1 aromatic rings. The Hall–Kier alpha value is 0.0200. The third-order valence-electron chi connectivity index (χ3n) is 2.20. The summed E-state index contributed by atoms with van der Waals surface area (Å²) in [5, 5.41) is 0. The van der Waals surface area contributed by atoms with Crippen LogP contribution in [0.25, 0.3) is 0 Å². The zero-order valence-electron chi connectivity index (χ0n) is 10.5. The van der Waals surface area contributed by atoms with Gasteiger partial charge >= 0.3 is 0 Å². The number of aryl methyl sites for hydroxylation is 1. The molecule has 0 aliphatic rings. The molecule has 0 fully saturated rings. The van der Waals surface area contributed by atoms with Crippen molar-refractivity contribution >= 4 is 39.7 Å². The Morgan fingerprint density at radius 3 is 2.63 bits per heavy atom. The molecule has 19 heavy (non-hydrogen) atoms. The minimum Gasteiger partial charge on any atom is -0.345 e. The van der Waals surface area contributed by atoms with E-state index in [1.54, 1.807) is 18.2 Å². The first-order valence-corrected chi connectivity index (χ1v) is 10.9. The van der Waals surface area contributed by atoms with Gasteiger partial charge in [0.1, 0.15) is 11.2 Å². The first kappa shape index (κ1) is 17.1. The summed E-state index contributed by atoms with van der Waals surface area (Å²) in [5.41, 5.74) is 0.636. The van der Waals surface area contributed by atoms with Crippen LogP contribution >= 0.6 is 29.6 Å². The molecule has 1 aromatic carbocycles. The molecule has 5 nitrogen and oxygen atoms in total. The molecule has 0 saturated carbocycles. The average molecular weight is 342 g/mol. The molecule has 1 rings (SSSR count). The molecule has 0 amide bonds. The van der Waals surface area contributed by atoms with Crippen LogP contribution in [0.2, 0.25) is 0 Å². The van der Waals surface area contributed by atoms with E-state index in [2.05, 4.69) is 4.18 Å². The van der Waals surface area contributed by atoms with Gasteiger partial charge in [0.05, 0.1) is 0 Å². The van der Waals surface area contributed by atoms with Crippen molar-refractivity contribution in [3.8, 4) is 0 Å². The van der Waals surface area contributed by atoms with Gasteiger partial charge in [-0.3, -0.25) is 8.75 Å². The maximum Gasteiger partial charge on any atom is 0.298 e. The third-order valence-corrected chi connectivity index (χ3v) is 6.07. The van der Waals surface area contributed by atoms with E-state index in [1.807, 2.05) is 13.2 Å². The Morgan fingerprint density at radius 2 is 2.11 bits per heavy atom. The lowest BCUT2D eigenvalue weighted by Crippen LogP contribution is -2.10. The molecule has 0 aromatic heterocycles. The highest BCUT2D eigenvalue weighted by atomic mass is 33.1. The molecular weight excluding hydrogens is 327 g/mol. The molecule has 1 N–H and O–H groups in total. The summed E-state index contributed by atoms with van der Waals surface area (Å²) >= 11 is 0. The predicted molar refractivity (Wildman–Crippen MR) is 79.6 cm³/mol. The minimum absolute atomic E-state index is 0.0973. The highest BCUT2D eigenvalue weighted by Gasteiger charge is 2.24. The predicted octanol–water partition coefficient (Wildman–Crippen LogP) is 2.75. The molecule has 1 unspecified atom stereocenters. The second-order valence-electron chi connectivity index (χ2n) is 3.46. The van der Waals surface area contributed by atoms with E-state index in [-0.39, 0.29) is 4.90 Å². The lowest BCUT2D eigenvalue weighted by atomic mass is 10.2. The first-order valence-electron chi connectivity index (χ1n) is 5.36. The highest BCUT2D eigenvalue weighted by molar-refractivity contribution is 8.76. The van der Waals surface area contributed by atoms with E-state index in [0.717, 1.165) is 0 Å². The van der Waals surface area contributed by atoms with Crippen LogP contribution in [-0.4, -0.2) is 25.9 Å². The van der Waals surface area contributed by atoms with Crippen molar-refractivity contribution in [2.24, 2.45) is 0 Å². The van der Waals surface area contributed by atoms with Gasteiger partial charge in [0.2, 0.25) is 8.03 Å². The van der Waals surface area contributed by atoms with Gasteiger partial charge in [-0.05, 0) is 24.3 Å². The fourth-order valence-corrected chi connectivity index (χ4v) is 5.52. The summed E-state index contributed by atoms with van der Waals surface area (Å²) in [5.74, 6) is 0. The van der Waals surface area contributed by atoms with E-state index in [9.17, 15) is 13.0 Å². The van der Waals surface area contributed by atoms with Crippen molar-refractivity contribution < 1.29 is 22.1 Å². The molecule has 0 saturated heterocycles. The lowest BCUT2D eigenvalue weighted by Gasteiger charge is -2.12. The van der Waals surface area contributed by atoms with Crippen molar-refractivity contribution in [1.29, 1.82) is 0 Å². The van der Waals surface area contributed by atoms with Crippen LogP contribution in [0.4, 0.5) is 0 Å². The van der Waals surface area contributed by atoms with Gasteiger partial charge in [0.25, 0.3) is 10.1 Å². The van der Waals surface area contributed by atoms with E-state index < -0.39 is 24.5 Å². The standard InChI is InChI=1S/C10H15O5PS3/c1-3-8-5-4-6-9(18-17-2)10(8)19(13,14)15-7-16(11)12/h4-6,16H,3,7H2,1-2H3,(H,11,12). The Labute approximate surface area is 121 Å². The SMILES string of the molecule is CCc1cccc(SSC)c1S(=O)(=O)OC[PH](=O)O. The van der Waals surface area contributed by atoms with Gasteiger partial charge in [-0.15, -0.1) is 0 Å². The summed E-state index contributed by atoms with van der Waals surface area (Å²) in [6.07, 6.45) is 1.69. The second-order valence-corrected chi connectivity index (χ2v) is 8.53. The van der Waals surface area contributed by atoms with Crippen LogP contribution < -0.4 is 0 Å². The lowest BCUT2D eigenvalue weighted by molar-refractivity contribution is 0.354. The summed E-state index contributed by atoms with van der Waals surface area (Å²) < 4.78 is 39.5. The molecule has 0 aliphatic carbocycles. The number of hydrogen-bond donors (Lipinski definition) is 1. The zero-order valence-corrected chi connectivity index (χ0v) is 13.9. The van der Waals surface area contributed by atoms with Crippen LogP contribution in [0.3, 0.4) is 0 Å². The smallest absolute Gasteiger partial charge is 0.298 e. The summed E-state index contributed by atoms with van der Waals surface area (Å²) in [7, 11) is -4.26. The van der Waals surface area contributed by atoms with E-state index in [1.165, 1.54) is 21.6 Å². The molecule has 0 spiro atoms. The molecule has 0 aliphatic heterocycles. The first-order chi connectivity index (χ1) is 8.92. The normalized spacial score (nSPS) is 13.4. The molecule has 0 radical (unpaired) electrons. The van der Waals surface area contributed by atoms with Crippen molar-refractivity contribution in [2.75, 3.05) is 12.6 Å². The average Bonchev–Trinajstić information content (AvgIpc) is 2.36. The van der Waals surface area contributed by atoms with E-state index >= 15 is 0 Å². The second kappa shape index (κ2) is 7.71. The molecule has 0 heterocycles. The van der Waals surface area contributed by atoms with Crippen molar-refractivity contribution in [1.82, 2.24) is 0 Å². The topological polar surface area (TPSA) is 80.7 Å². The minimum atomic E-state index is -4.02. The Morgan fingerprint density at radius 1 is 1.42 bits per heavy atom. The monoisotopic (exact) mass is 342 g/mol. The van der Waals surface area contributed by atoms with Gasteiger partial charge in [-0.25, -0.2) is 0 Å². The fourth-order valence-electron chi connectivity index (χ4n) is 1.47. The molecule has 1 atom stereocenters. The van der Waals surface area contributed by atoms with Crippen molar-refractivity contribution in [2.45, 2.75) is 23.1 Å². The molecular formula is C10H15O5PS3. The highest BCUT2D eigenvalue weighted by Crippen LogP contribution is 2.37. The Bertz CT molecular complexity index is 558. The zero-order chi connectivity index (χ0) is 14.5. The van der Waals surface area contributed by atoms with E-state index in [4.69, 9.17) is 4.89 Å². The Kier molecular flexibility index (Phi) is 6.93. The van der Waals surface area contributed by atoms with Crippen LogP contribution in [0.15, 0.2) is 28.0 Å². The number of benzene rings is 1. The summed E-state index contributed by atoms with van der Waals surface area (Å²) in [4.78, 5) is 9.38. The molecule has 9 heteroatoms. The molecule has 108 valence electrons. The Balaban J connectivity index is 3.25. The summed E-state index contributed by atoms with van der Waals surface area (Å²) in [6, 6.07) is 5.19. The van der Waals surface area contributed by atoms with Crippen LogP contribution in [-0.2, 0) is 25.3 Å². The van der Waals surface area contributed by atoms with Crippen molar-refractivity contribution in [3.05, 3.63) is 23.8 Å².